The third-order valence-electron chi connectivity index (χ3n) is 10.5. The van der Waals surface area contributed by atoms with Gasteiger partial charge in [0.1, 0.15) is 0 Å². The first-order valence-corrected chi connectivity index (χ1v) is 13.2. The molecule has 0 bridgehead atoms. The van der Waals surface area contributed by atoms with Gasteiger partial charge in [0.15, 0.2) is 0 Å². The van der Waals surface area contributed by atoms with Gasteiger partial charge in [0.25, 0.3) is 0 Å². The van der Waals surface area contributed by atoms with Crippen LogP contribution in [-0.2, 0) is 9.59 Å². The SMILES string of the molecule is CC1=C(C(=O)O)C(C(=O)N(C(C)C)C(C)C)C[C@@]2(C)C1CC[C@@H]1[C@H]2CC[C@]2(C)CCC[C@@H]12. The molecule has 0 aromatic rings. The number of rotatable bonds is 4. The second-order valence-electron chi connectivity index (χ2n) is 12.7. The third kappa shape index (κ3) is 3.46. The molecule has 3 saturated carbocycles. The molecule has 4 aliphatic carbocycles. The second kappa shape index (κ2) is 8.17. The predicted octanol–water partition coefficient (Wildman–Crippen LogP) is 6.30. The van der Waals surface area contributed by atoms with Crippen molar-refractivity contribution in [1.29, 1.82) is 0 Å². The maximum absolute atomic E-state index is 13.9. The monoisotopic (exact) mass is 443 g/mol. The minimum absolute atomic E-state index is 0.0232. The van der Waals surface area contributed by atoms with Crippen molar-refractivity contribution in [1.82, 2.24) is 4.90 Å². The Kier molecular flexibility index (Phi) is 6.08. The summed E-state index contributed by atoms with van der Waals surface area (Å²) in [4.78, 5) is 28.3. The Morgan fingerprint density at radius 2 is 1.62 bits per heavy atom. The molecule has 4 nitrogen and oxygen atoms in total. The number of carboxylic acid groups (broad SMARTS) is 1. The van der Waals surface area contributed by atoms with Crippen molar-refractivity contribution in [2.45, 2.75) is 112 Å². The van der Waals surface area contributed by atoms with E-state index in [0.29, 0.717) is 29.2 Å². The Morgan fingerprint density at radius 3 is 2.22 bits per heavy atom. The number of amides is 1. The van der Waals surface area contributed by atoms with Crippen LogP contribution in [0.5, 0.6) is 0 Å². The highest BCUT2D eigenvalue weighted by atomic mass is 16.4. The molecule has 3 fully saturated rings. The number of carbonyl (C=O) groups is 2. The van der Waals surface area contributed by atoms with Crippen LogP contribution in [0.2, 0.25) is 0 Å². The molecule has 4 heteroatoms. The zero-order valence-electron chi connectivity index (χ0n) is 21.4. The highest BCUT2D eigenvalue weighted by molar-refractivity contribution is 5.97. The highest BCUT2D eigenvalue weighted by Crippen LogP contribution is 2.67. The Labute approximate surface area is 195 Å². The largest absolute Gasteiger partial charge is 0.478 e. The fourth-order valence-corrected chi connectivity index (χ4v) is 9.27. The molecule has 0 saturated heterocycles. The molecule has 180 valence electrons. The molecule has 1 amide bonds. The van der Waals surface area contributed by atoms with Gasteiger partial charge in [-0.25, -0.2) is 4.79 Å². The predicted molar refractivity (Wildman–Crippen MR) is 128 cm³/mol. The smallest absolute Gasteiger partial charge is 0.332 e. The molecule has 0 spiro atoms. The van der Waals surface area contributed by atoms with E-state index in [9.17, 15) is 14.7 Å². The molecule has 0 aromatic carbocycles. The van der Waals surface area contributed by atoms with Gasteiger partial charge < -0.3 is 10.0 Å². The summed E-state index contributed by atoms with van der Waals surface area (Å²) in [7, 11) is 0. The van der Waals surface area contributed by atoms with Crippen molar-refractivity contribution < 1.29 is 14.7 Å². The average molecular weight is 444 g/mol. The van der Waals surface area contributed by atoms with Crippen molar-refractivity contribution in [3.8, 4) is 0 Å². The lowest BCUT2D eigenvalue weighted by atomic mass is 9.44. The van der Waals surface area contributed by atoms with Crippen LogP contribution in [0.3, 0.4) is 0 Å². The van der Waals surface area contributed by atoms with E-state index >= 15 is 0 Å². The normalized spacial score (nSPS) is 41.3. The van der Waals surface area contributed by atoms with Gasteiger partial charge in [-0.15, -0.1) is 0 Å². The van der Waals surface area contributed by atoms with Crippen LogP contribution in [0.4, 0.5) is 0 Å². The number of carboxylic acids is 1. The molecule has 0 heterocycles. The van der Waals surface area contributed by atoms with E-state index in [0.717, 1.165) is 23.8 Å². The van der Waals surface area contributed by atoms with Gasteiger partial charge in [-0.2, -0.15) is 0 Å². The molecule has 4 rings (SSSR count). The van der Waals surface area contributed by atoms with Gasteiger partial charge in [-0.05, 0) is 114 Å². The zero-order valence-corrected chi connectivity index (χ0v) is 21.4. The fourth-order valence-electron chi connectivity index (χ4n) is 9.27. The van der Waals surface area contributed by atoms with Crippen molar-refractivity contribution in [2.24, 2.45) is 40.4 Å². The van der Waals surface area contributed by atoms with E-state index in [-0.39, 0.29) is 23.4 Å². The molecule has 0 aromatic heterocycles. The van der Waals surface area contributed by atoms with Crippen molar-refractivity contribution in [3.05, 3.63) is 11.1 Å². The summed E-state index contributed by atoms with van der Waals surface area (Å²) in [5.41, 5.74) is 1.94. The summed E-state index contributed by atoms with van der Waals surface area (Å²) >= 11 is 0. The molecule has 4 aliphatic rings. The van der Waals surface area contributed by atoms with Gasteiger partial charge in [-0.1, -0.05) is 25.8 Å². The Balaban J connectivity index is 1.74. The topological polar surface area (TPSA) is 57.6 Å². The Bertz CT molecular complexity index is 805. The number of aliphatic carboxylic acids is 1. The molecule has 32 heavy (non-hydrogen) atoms. The van der Waals surface area contributed by atoms with E-state index < -0.39 is 11.9 Å². The van der Waals surface area contributed by atoms with Gasteiger partial charge in [0.05, 0.1) is 5.92 Å². The lowest BCUT2D eigenvalue weighted by molar-refractivity contribution is -0.148. The Hall–Kier alpha value is -1.32. The van der Waals surface area contributed by atoms with Crippen LogP contribution in [-0.4, -0.2) is 34.0 Å². The quantitative estimate of drug-likeness (QED) is 0.554. The van der Waals surface area contributed by atoms with Gasteiger partial charge in [0.2, 0.25) is 5.91 Å². The number of nitrogens with zero attached hydrogens (tertiary/aromatic N) is 1. The maximum Gasteiger partial charge on any atom is 0.332 e. The van der Waals surface area contributed by atoms with Crippen molar-refractivity contribution in [3.63, 3.8) is 0 Å². The van der Waals surface area contributed by atoms with Gasteiger partial charge in [-0.3, -0.25) is 4.79 Å². The van der Waals surface area contributed by atoms with Crippen LogP contribution in [0, 0.1) is 40.4 Å². The zero-order chi connectivity index (χ0) is 23.6. The summed E-state index contributed by atoms with van der Waals surface area (Å²) in [5, 5.41) is 10.2. The number of allylic oxidation sites excluding steroid dienone is 1. The van der Waals surface area contributed by atoms with E-state index in [2.05, 4.69) is 13.8 Å². The third-order valence-corrected chi connectivity index (χ3v) is 10.5. The number of carbonyl (C=O) groups excluding carboxylic acids is 1. The fraction of sp³-hybridized carbons (Fsp3) is 0.857. The molecular formula is C28H45NO3. The highest BCUT2D eigenvalue weighted by Gasteiger charge is 2.60. The van der Waals surface area contributed by atoms with Gasteiger partial charge in [0, 0.05) is 17.7 Å². The summed E-state index contributed by atoms with van der Waals surface area (Å²) in [6.07, 6.45) is 9.69. The van der Waals surface area contributed by atoms with E-state index in [4.69, 9.17) is 0 Å². The summed E-state index contributed by atoms with van der Waals surface area (Å²) < 4.78 is 0. The average Bonchev–Trinajstić information content (AvgIpc) is 3.08. The first-order valence-electron chi connectivity index (χ1n) is 13.2. The molecule has 0 radical (unpaired) electrons. The summed E-state index contributed by atoms with van der Waals surface area (Å²) in [6, 6.07) is 0.132. The van der Waals surface area contributed by atoms with E-state index in [1.54, 1.807) is 0 Å². The Morgan fingerprint density at radius 1 is 0.969 bits per heavy atom. The van der Waals surface area contributed by atoms with Crippen molar-refractivity contribution in [2.75, 3.05) is 0 Å². The van der Waals surface area contributed by atoms with Crippen LogP contribution < -0.4 is 0 Å². The number of hydrogen-bond acceptors (Lipinski definition) is 2. The lowest BCUT2D eigenvalue weighted by Gasteiger charge is -2.61. The molecule has 0 aliphatic heterocycles. The van der Waals surface area contributed by atoms with Crippen LogP contribution in [0.25, 0.3) is 0 Å². The molecule has 7 atom stereocenters. The lowest BCUT2D eigenvalue weighted by Crippen LogP contribution is -2.56. The van der Waals surface area contributed by atoms with Crippen molar-refractivity contribution >= 4 is 11.9 Å². The number of fused-ring (bicyclic) bond motifs is 5. The summed E-state index contributed by atoms with van der Waals surface area (Å²) in [5.74, 6) is 1.11. The molecular weight excluding hydrogens is 398 g/mol. The van der Waals surface area contributed by atoms with Crippen LogP contribution in [0.15, 0.2) is 11.1 Å². The molecule has 1 N–H and O–H groups in total. The van der Waals surface area contributed by atoms with Crippen LogP contribution in [0.1, 0.15) is 99.8 Å². The minimum atomic E-state index is -0.885. The standard InChI is InChI=1S/C28H45NO3/c1-16(2)29(17(3)4)25(30)20-15-28(7)21(18(5)24(20)26(31)32)11-10-19-22-9-8-13-27(22,6)14-12-23(19)28/h16-17,19-23H,8-15H2,1-7H3,(H,31,32)/t19-,20?,21?,22-,23+,27-,28-/m0/s1. The number of hydrogen-bond donors (Lipinski definition) is 1. The first-order chi connectivity index (χ1) is 14.9. The second-order valence-corrected chi connectivity index (χ2v) is 12.7. The van der Waals surface area contributed by atoms with E-state index in [1.165, 1.54) is 38.5 Å². The maximum atomic E-state index is 13.9. The van der Waals surface area contributed by atoms with Crippen LogP contribution >= 0.6 is 0 Å². The van der Waals surface area contributed by atoms with Gasteiger partial charge >= 0.3 is 5.97 Å². The van der Waals surface area contributed by atoms with E-state index in [1.807, 2.05) is 39.5 Å². The molecule has 2 unspecified atom stereocenters. The minimum Gasteiger partial charge on any atom is -0.478 e. The first kappa shape index (κ1) is 23.8. The summed E-state index contributed by atoms with van der Waals surface area (Å²) in [6.45, 7) is 15.1.